The second kappa shape index (κ2) is 6.30. The van der Waals surface area contributed by atoms with Gasteiger partial charge < -0.3 is 14.7 Å². The quantitative estimate of drug-likeness (QED) is 0.821. The van der Waals surface area contributed by atoms with Gasteiger partial charge >= 0.3 is 0 Å². The molecule has 0 saturated carbocycles. The van der Waals surface area contributed by atoms with E-state index in [0.29, 0.717) is 12.5 Å². The van der Waals surface area contributed by atoms with Crippen LogP contribution in [0.2, 0.25) is 0 Å². The molecule has 2 unspecified atom stereocenters. The summed E-state index contributed by atoms with van der Waals surface area (Å²) in [4.78, 5) is 2.17. The smallest absolute Gasteiger partial charge is 0.148 e. The monoisotopic (exact) mass is 305 g/mol. The third kappa shape index (κ3) is 3.93. The van der Waals surface area contributed by atoms with Crippen molar-refractivity contribution in [3.8, 4) is 0 Å². The summed E-state index contributed by atoms with van der Waals surface area (Å²) in [7, 11) is -2.91. The molecule has 5 nitrogen and oxygen atoms in total. The minimum atomic E-state index is -2.91. The number of hydrogen-bond acceptors (Lipinski definition) is 5. The maximum absolute atomic E-state index is 11.2. The third-order valence-corrected chi connectivity index (χ3v) is 5.84. The minimum absolute atomic E-state index is 0.180. The third-order valence-electron chi connectivity index (χ3n) is 4.92. The minimum Gasteiger partial charge on any atom is -0.389 e. The van der Waals surface area contributed by atoms with Crippen LogP contribution in [0.25, 0.3) is 0 Å². The Hall–Kier alpha value is -0.170. The van der Waals surface area contributed by atoms with E-state index in [1.165, 1.54) is 6.26 Å². The van der Waals surface area contributed by atoms with Crippen LogP contribution in [0.4, 0.5) is 0 Å². The van der Waals surface area contributed by atoms with E-state index in [9.17, 15) is 13.5 Å². The lowest BCUT2D eigenvalue weighted by Gasteiger charge is -2.48. The number of nitrogens with zero attached hydrogens (tertiary/aromatic N) is 1. The first-order valence-corrected chi connectivity index (χ1v) is 9.57. The first-order chi connectivity index (χ1) is 9.31. The second-order valence-corrected chi connectivity index (χ2v) is 8.72. The zero-order valence-electron chi connectivity index (χ0n) is 12.5. The average Bonchev–Trinajstić information content (AvgIpc) is 2.40. The molecule has 0 aromatic carbocycles. The van der Waals surface area contributed by atoms with Crippen LogP contribution in [0.15, 0.2) is 0 Å². The molecular formula is C14H27NO4S. The SMILES string of the molecule is CC1CN(CCS(C)(=O)=O)CCC1(O)C1CCOCC1. The Balaban J connectivity index is 1.91. The Morgan fingerprint density at radius 2 is 2.00 bits per heavy atom. The molecule has 0 aromatic rings. The summed E-state index contributed by atoms with van der Waals surface area (Å²) >= 11 is 0. The van der Waals surface area contributed by atoms with Crippen LogP contribution in [0.3, 0.4) is 0 Å². The van der Waals surface area contributed by atoms with E-state index in [2.05, 4.69) is 11.8 Å². The van der Waals surface area contributed by atoms with Gasteiger partial charge in [0.25, 0.3) is 0 Å². The van der Waals surface area contributed by atoms with Gasteiger partial charge in [0, 0.05) is 39.1 Å². The fourth-order valence-electron chi connectivity index (χ4n) is 3.52. The van der Waals surface area contributed by atoms with Crippen LogP contribution in [-0.2, 0) is 14.6 Å². The number of rotatable bonds is 4. The zero-order chi connectivity index (χ0) is 14.8. The summed E-state index contributed by atoms with van der Waals surface area (Å²) in [6.45, 7) is 5.72. The van der Waals surface area contributed by atoms with Crippen molar-refractivity contribution >= 4 is 9.84 Å². The van der Waals surface area contributed by atoms with Gasteiger partial charge in [0.15, 0.2) is 0 Å². The molecule has 118 valence electrons. The van der Waals surface area contributed by atoms with E-state index in [1.807, 2.05) is 0 Å². The molecule has 2 rings (SSSR count). The predicted molar refractivity (Wildman–Crippen MR) is 78.4 cm³/mol. The second-order valence-electron chi connectivity index (χ2n) is 6.46. The molecule has 20 heavy (non-hydrogen) atoms. The van der Waals surface area contributed by atoms with E-state index in [0.717, 1.165) is 45.6 Å². The number of aliphatic hydroxyl groups is 1. The normalized spacial score (nSPS) is 34.2. The van der Waals surface area contributed by atoms with Crippen LogP contribution < -0.4 is 0 Å². The standard InChI is InChI=1S/C14H27NO4S/c1-12-11-15(7-10-20(2,17)18)6-5-14(12,16)13-3-8-19-9-4-13/h12-13,16H,3-11H2,1-2H3. The summed E-state index contributed by atoms with van der Waals surface area (Å²) in [6.07, 6.45) is 3.88. The van der Waals surface area contributed by atoms with Crippen LogP contribution in [0.5, 0.6) is 0 Å². The van der Waals surface area contributed by atoms with Crippen molar-refractivity contribution in [2.45, 2.75) is 31.8 Å². The zero-order valence-corrected chi connectivity index (χ0v) is 13.4. The van der Waals surface area contributed by atoms with E-state index in [-0.39, 0.29) is 11.7 Å². The van der Waals surface area contributed by atoms with Gasteiger partial charge in [-0.05, 0) is 31.1 Å². The molecule has 2 heterocycles. The summed E-state index contributed by atoms with van der Waals surface area (Å²) in [5.41, 5.74) is -0.606. The molecule has 2 saturated heterocycles. The number of piperidine rings is 1. The molecule has 0 radical (unpaired) electrons. The highest BCUT2D eigenvalue weighted by Gasteiger charge is 2.45. The molecule has 2 aliphatic heterocycles. The van der Waals surface area contributed by atoms with E-state index in [4.69, 9.17) is 4.74 Å². The van der Waals surface area contributed by atoms with Gasteiger partial charge in [-0.1, -0.05) is 6.92 Å². The van der Waals surface area contributed by atoms with Crippen LogP contribution >= 0.6 is 0 Å². The maximum atomic E-state index is 11.2. The highest BCUT2D eigenvalue weighted by molar-refractivity contribution is 7.90. The molecule has 0 amide bonds. The van der Waals surface area contributed by atoms with Crippen molar-refractivity contribution in [1.82, 2.24) is 4.90 Å². The molecule has 1 N–H and O–H groups in total. The Kier molecular flexibility index (Phi) is 5.10. The fourth-order valence-corrected chi connectivity index (χ4v) is 4.11. The van der Waals surface area contributed by atoms with Crippen molar-refractivity contribution < 1.29 is 18.3 Å². The molecule has 2 aliphatic rings. The summed E-state index contributed by atoms with van der Waals surface area (Å²) in [5, 5.41) is 11.0. The lowest BCUT2D eigenvalue weighted by Crippen LogP contribution is -2.56. The lowest BCUT2D eigenvalue weighted by atomic mass is 9.70. The number of ether oxygens (including phenoxy) is 1. The van der Waals surface area contributed by atoms with E-state index < -0.39 is 15.4 Å². The summed E-state index contributed by atoms with van der Waals surface area (Å²) in [6, 6.07) is 0. The molecule has 6 heteroatoms. The first kappa shape index (κ1) is 16.2. The van der Waals surface area contributed by atoms with Gasteiger partial charge in [-0.25, -0.2) is 8.42 Å². The molecule has 0 bridgehead atoms. The summed E-state index contributed by atoms with van der Waals surface area (Å²) < 4.78 is 27.9. The Bertz CT molecular complexity index is 419. The summed E-state index contributed by atoms with van der Waals surface area (Å²) in [5.74, 6) is 0.706. The first-order valence-electron chi connectivity index (χ1n) is 7.51. The van der Waals surface area contributed by atoms with E-state index in [1.54, 1.807) is 0 Å². The van der Waals surface area contributed by atoms with E-state index >= 15 is 0 Å². The van der Waals surface area contributed by atoms with Gasteiger partial charge in [0.1, 0.15) is 9.84 Å². The number of sulfone groups is 1. The van der Waals surface area contributed by atoms with Gasteiger partial charge in [-0.2, -0.15) is 0 Å². The van der Waals surface area contributed by atoms with Gasteiger partial charge in [-0.3, -0.25) is 0 Å². The highest BCUT2D eigenvalue weighted by Crippen LogP contribution is 2.39. The van der Waals surface area contributed by atoms with Gasteiger partial charge in [0.2, 0.25) is 0 Å². The molecule has 0 aromatic heterocycles. The topological polar surface area (TPSA) is 66.8 Å². The average molecular weight is 305 g/mol. The van der Waals surface area contributed by atoms with Crippen LogP contribution in [0.1, 0.15) is 26.2 Å². The molecular weight excluding hydrogens is 278 g/mol. The van der Waals surface area contributed by atoms with Crippen molar-refractivity contribution in [3.05, 3.63) is 0 Å². The van der Waals surface area contributed by atoms with Gasteiger partial charge in [-0.15, -0.1) is 0 Å². The number of likely N-dealkylation sites (tertiary alicyclic amines) is 1. The maximum Gasteiger partial charge on any atom is 0.148 e. The Labute approximate surface area is 122 Å². The molecule has 2 atom stereocenters. The van der Waals surface area contributed by atoms with Gasteiger partial charge in [0.05, 0.1) is 11.4 Å². The molecule has 2 fully saturated rings. The fraction of sp³-hybridized carbons (Fsp3) is 1.00. The Morgan fingerprint density at radius 3 is 2.55 bits per heavy atom. The van der Waals surface area contributed by atoms with Crippen LogP contribution in [0, 0.1) is 11.8 Å². The lowest BCUT2D eigenvalue weighted by molar-refractivity contribution is -0.130. The highest BCUT2D eigenvalue weighted by atomic mass is 32.2. The van der Waals surface area contributed by atoms with Crippen molar-refractivity contribution in [2.24, 2.45) is 11.8 Å². The van der Waals surface area contributed by atoms with Crippen molar-refractivity contribution in [1.29, 1.82) is 0 Å². The molecule has 0 aliphatic carbocycles. The number of hydrogen-bond donors (Lipinski definition) is 1. The van der Waals surface area contributed by atoms with Crippen LogP contribution in [-0.4, -0.2) is 68.9 Å². The van der Waals surface area contributed by atoms with Crippen molar-refractivity contribution in [2.75, 3.05) is 44.9 Å². The van der Waals surface area contributed by atoms with Crippen molar-refractivity contribution in [3.63, 3.8) is 0 Å². The largest absolute Gasteiger partial charge is 0.389 e. The predicted octanol–water partition coefficient (Wildman–Crippen LogP) is 0.530. The Morgan fingerprint density at radius 1 is 1.35 bits per heavy atom. The molecule has 0 spiro atoms.